The fourth-order valence-corrected chi connectivity index (χ4v) is 3.83. The molecule has 141 valence electrons. The molecule has 0 saturated carbocycles. The zero-order valence-corrected chi connectivity index (χ0v) is 16.0. The lowest BCUT2D eigenvalue weighted by Gasteiger charge is -2.44. The molecule has 1 aromatic carbocycles. The predicted octanol–water partition coefficient (Wildman–Crippen LogP) is 3.40. The van der Waals surface area contributed by atoms with Crippen LogP contribution in [0.15, 0.2) is 24.3 Å². The minimum atomic E-state index is 0.118. The average molecular weight is 364 g/mol. The highest BCUT2D eigenvalue weighted by Gasteiger charge is 2.33. The van der Waals surface area contributed by atoms with Gasteiger partial charge in [-0.15, -0.1) is 0 Å². The summed E-state index contributed by atoms with van der Waals surface area (Å²) in [5, 5.41) is 7.91. The van der Waals surface area contributed by atoms with Crippen molar-refractivity contribution in [2.75, 3.05) is 22.9 Å². The van der Waals surface area contributed by atoms with Crippen molar-refractivity contribution in [1.82, 2.24) is 20.2 Å². The van der Waals surface area contributed by atoms with Crippen LogP contribution in [0.5, 0.6) is 0 Å². The van der Waals surface area contributed by atoms with Crippen molar-refractivity contribution >= 4 is 28.5 Å². The summed E-state index contributed by atoms with van der Waals surface area (Å²) in [6, 6.07) is 8.27. The van der Waals surface area contributed by atoms with Crippen LogP contribution in [0, 0.1) is 11.8 Å². The molecule has 1 unspecified atom stereocenters. The van der Waals surface area contributed by atoms with Crippen LogP contribution in [0.25, 0.3) is 22.2 Å². The molecule has 0 aliphatic carbocycles. The normalized spacial score (nSPS) is 18.2. The molecule has 3 aromatic rings. The van der Waals surface area contributed by atoms with Crippen LogP contribution in [-0.2, 0) is 0 Å². The van der Waals surface area contributed by atoms with Gasteiger partial charge in [-0.3, -0.25) is 5.10 Å². The Morgan fingerprint density at radius 2 is 1.96 bits per heavy atom. The molecular weight excluding hydrogens is 338 g/mol. The van der Waals surface area contributed by atoms with E-state index in [4.69, 9.17) is 11.5 Å². The predicted molar refractivity (Wildman–Crippen MR) is 110 cm³/mol. The third kappa shape index (κ3) is 3.29. The van der Waals surface area contributed by atoms with Crippen molar-refractivity contribution in [3.05, 3.63) is 30.7 Å². The smallest absolute Gasteiger partial charge is 0.222 e. The van der Waals surface area contributed by atoms with E-state index in [9.17, 15) is 0 Å². The Kier molecular flexibility index (Phi) is 4.17. The first-order chi connectivity index (χ1) is 12.8. The topological polar surface area (TPSA) is 110 Å². The van der Waals surface area contributed by atoms with Crippen molar-refractivity contribution in [2.45, 2.75) is 39.7 Å². The van der Waals surface area contributed by atoms with Gasteiger partial charge in [-0.1, -0.05) is 26.8 Å². The second kappa shape index (κ2) is 6.40. The number of aromatic nitrogens is 4. The second-order valence-electron chi connectivity index (χ2n) is 8.22. The highest BCUT2D eigenvalue weighted by Crippen LogP contribution is 2.35. The lowest BCUT2D eigenvalue weighted by atomic mass is 9.80. The number of piperidine rings is 1. The molecule has 1 aliphatic rings. The number of nitrogens with one attached hydrogen (secondary N) is 1. The van der Waals surface area contributed by atoms with Gasteiger partial charge in [-0.05, 0) is 36.8 Å². The first-order valence-electron chi connectivity index (χ1n) is 9.31. The van der Waals surface area contributed by atoms with Crippen LogP contribution in [0.4, 0.5) is 17.6 Å². The Balaban J connectivity index is 1.76. The summed E-state index contributed by atoms with van der Waals surface area (Å²) in [7, 11) is 0. The largest absolute Gasteiger partial charge is 0.382 e. The molecule has 1 fully saturated rings. The lowest BCUT2D eigenvalue weighted by Crippen LogP contribution is -2.48. The molecule has 7 nitrogen and oxygen atoms in total. The first kappa shape index (κ1) is 17.6. The van der Waals surface area contributed by atoms with E-state index in [2.05, 4.69) is 52.3 Å². The molecule has 0 amide bonds. The first-order valence-corrected chi connectivity index (χ1v) is 9.31. The summed E-state index contributed by atoms with van der Waals surface area (Å²) < 4.78 is 0. The minimum Gasteiger partial charge on any atom is -0.382 e. The summed E-state index contributed by atoms with van der Waals surface area (Å²) in [5.41, 5.74) is 14.7. The molecule has 7 heteroatoms. The van der Waals surface area contributed by atoms with Crippen molar-refractivity contribution in [2.24, 2.45) is 5.41 Å². The standard InChI is InChI=1S/C20H26N7/c1-20(2,3)16-6-4-5-9-27(16)17-11-14(23-19(22)24-17)12-7-8-13-15(10-12)25-26-18(13)21/h6-8,10-11,16H,4-5,9H2,1-3H3,(H3,21,25,26)(H2,22,23,24). The number of aromatic amines is 1. The summed E-state index contributed by atoms with van der Waals surface area (Å²) in [5.74, 6) is 1.65. The Labute approximate surface area is 159 Å². The number of nitrogen functional groups attached to an aromatic ring is 2. The Morgan fingerprint density at radius 1 is 1.15 bits per heavy atom. The van der Waals surface area contributed by atoms with Crippen LogP contribution in [0.2, 0.25) is 0 Å². The fourth-order valence-electron chi connectivity index (χ4n) is 3.83. The van der Waals surface area contributed by atoms with Crippen LogP contribution in [0.1, 0.15) is 33.6 Å². The molecule has 1 saturated heterocycles. The van der Waals surface area contributed by atoms with E-state index in [1.54, 1.807) is 0 Å². The van der Waals surface area contributed by atoms with Crippen molar-refractivity contribution < 1.29 is 0 Å². The number of hydrogen-bond donors (Lipinski definition) is 3. The zero-order chi connectivity index (χ0) is 19.2. The van der Waals surface area contributed by atoms with E-state index in [-0.39, 0.29) is 11.4 Å². The van der Waals surface area contributed by atoms with Gasteiger partial charge in [0.1, 0.15) is 5.82 Å². The average Bonchev–Trinajstić information content (AvgIpc) is 3.01. The molecular formula is C20H26N7. The molecule has 1 radical (unpaired) electrons. The third-order valence-electron chi connectivity index (χ3n) is 5.13. The summed E-state index contributed by atoms with van der Waals surface area (Å²) in [4.78, 5) is 11.4. The van der Waals surface area contributed by atoms with Gasteiger partial charge in [-0.25, -0.2) is 4.98 Å². The Bertz CT molecular complexity index is 970. The van der Waals surface area contributed by atoms with E-state index in [1.807, 2.05) is 24.3 Å². The van der Waals surface area contributed by atoms with Gasteiger partial charge in [0.2, 0.25) is 5.95 Å². The van der Waals surface area contributed by atoms with E-state index in [0.29, 0.717) is 11.9 Å². The van der Waals surface area contributed by atoms with E-state index in [1.165, 1.54) is 0 Å². The molecule has 27 heavy (non-hydrogen) atoms. The summed E-state index contributed by atoms with van der Waals surface area (Å²) in [6.45, 7) is 7.74. The van der Waals surface area contributed by atoms with Gasteiger partial charge in [0.05, 0.1) is 11.2 Å². The molecule has 1 atom stereocenters. The molecule has 0 spiro atoms. The minimum absolute atomic E-state index is 0.118. The number of rotatable bonds is 2. The summed E-state index contributed by atoms with van der Waals surface area (Å²) in [6.07, 6.45) is 4.63. The quantitative estimate of drug-likeness (QED) is 0.643. The van der Waals surface area contributed by atoms with Gasteiger partial charge in [0.25, 0.3) is 0 Å². The van der Waals surface area contributed by atoms with Crippen LogP contribution in [-0.4, -0.2) is 32.8 Å². The number of fused-ring (bicyclic) bond motifs is 1. The van der Waals surface area contributed by atoms with E-state index < -0.39 is 0 Å². The van der Waals surface area contributed by atoms with Crippen molar-refractivity contribution in [3.8, 4) is 11.3 Å². The Hall–Kier alpha value is -2.83. The van der Waals surface area contributed by atoms with Gasteiger partial charge in [0, 0.05) is 29.6 Å². The maximum absolute atomic E-state index is 6.08. The number of benzene rings is 1. The van der Waals surface area contributed by atoms with E-state index in [0.717, 1.165) is 47.4 Å². The van der Waals surface area contributed by atoms with Crippen molar-refractivity contribution in [1.29, 1.82) is 0 Å². The molecule has 5 N–H and O–H groups in total. The van der Waals surface area contributed by atoms with Gasteiger partial charge >= 0.3 is 0 Å². The highest BCUT2D eigenvalue weighted by atomic mass is 15.2. The number of nitrogens with zero attached hydrogens (tertiary/aromatic N) is 4. The maximum atomic E-state index is 6.08. The number of hydrogen-bond acceptors (Lipinski definition) is 6. The maximum Gasteiger partial charge on any atom is 0.222 e. The molecule has 4 rings (SSSR count). The molecule has 2 aromatic heterocycles. The van der Waals surface area contributed by atoms with Gasteiger partial charge < -0.3 is 16.4 Å². The fraction of sp³-hybridized carbons (Fsp3) is 0.400. The van der Waals surface area contributed by atoms with Crippen LogP contribution >= 0.6 is 0 Å². The Morgan fingerprint density at radius 3 is 2.74 bits per heavy atom. The number of H-pyrrole nitrogens is 1. The molecule has 3 heterocycles. The molecule has 0 bridgehead atoms. The summed E-state index contributed by atoms with van der Waals surface area (Å²) >= 11 is 0. The van der Waals surface area contributed by atoms with Gasteiger partial charge in [-0.2, -0.15) is 10.1 Å². The SMILES string of the molecule is CC(C)(C)C1[CH]CCCN1c1cc(-c2ccc3c(N)n[nH]c3c2)nc(N)n1. The van der Waals surface area contributed by atoms with Crippen LogP contribution < -0.4 is 16.4 Å². The number of nitrogens with two attached hydrogens (primary N) is 2. The van der Waals surface area contributed by atoms with Crippen LogP contribution in [0.3, 0.4) is 0 Å². The van der Waals surface area contributed by atoms with E-state index >= 15 is 0 Å². The molecule has 1 aliphatic heterocycles. The number of anilines is 3. The van der Waals surface area contributed by atoms with Crippen molar-refractivity contribution in [3.63, 3.8) is 0 Å². The second-order valence-corrected chi connectivity index (χ2v) is 8.22. The third-order valence-corrected chi connectivity index (χ3v) is 5.13. The lowest BCUT2D eigenvalue weighted by molar-refractivity contribution is 0.308. The highest BCUT2D eigenvalue weighted by molar-refractivity contribution is 5.91. The van der Waals surface area contributed by atoms with Gasteiger partial charge in [0.15, 0.2) is 5.82 Å². The zero-order valence-electron chi connectivity index (χ0n) is 16.0. The monoisotopic (exact) mass is 364 g/mol.